The number of hydrogen-bond acceptors (Lipinski definition) is 5. The van der Waals surface area contributed by atoms with Crippen molar-refractivity contribution in [2.75, 3.05) is 19.8 Å². The molecule has 0 radical (unpaired) electrons. The molecule has 6 nitrogen and oxygen atoms in total. The Bertz CT molecular complexity index is 407. The molecule has 1 rings (SSSR count). The van der Waals surface area contributed by atoms with Gasteiger partial charge in [-0.1, -0.05) is 13.8 Å². The van der Waals surface area contributed by atoms with Crippen molar-refractivity contribution in [2.45, 2.75) is 46.6 Å². The van der Waals surface area contributed by atoms with E-state index in [9.17, 15) is 14.7 Å². The minimum Gasteiger partial charge on any atom is -0.480 e. The number of carboxylic acid groups (broad SMARTS) is 1. The number of ether oxygens (including phenoxy) is 2. The maximum absolute atomic E-state index is 12.4. The van der Waals surface area contributed by atoms with E-state index in [4.69, 9.17) is 15.2 Å². The zero-order valence-corrected chi connectivity index (χ0v) is 13.6. The highest BCUT2D eigenvalue weighted by molar-refractivity contribution is 5.82. The fraction of sp³-hybridized carbons (Fsp3) is 0.867. The van der Waals surface area contributed by atoms with E-state index in [1.54, 1.807) is 20.8 Å². The summed E-state index contributed by atoms with van der Waals surface area (Å²) >= 11 is 0. The van der Waals surface area contributed by atoms with Gasteiger partial charge in [0, 0.05) is 5.92 Å². The lowest BCUT2D eigenvalue weighted by molar-refractivity contribution is -0.181. The zero-order chi connectivity index (χ0) is 16.5. The first-order valence-electron chi connectivity index (χ1n) is 7.27. The Hall–Kier alpha value is -1.14. The SMILES string of the molecule is CCC1(COC(=O)C(C)(C)C(C)C(C)(N)C(=O)O)COC1. The van der Waals surface area contributed by atoms with Crippen LogP contribution in [0.3, 0.4) is 0 Å². The van der Waals surface area contributed by atoms with Crippen molar-refractivity contribution < 1.29 is 24.2 Å². The molecule has 1 fully saturated rings. The largest absolute Gasteiger partial charge is 0.480 e. The molecular weight excluding hydrogens is 274 g/mol. The summed E-state index contributed by atoms with van der Waals surface area (Å²) in [7, 11) is 0. The maximum Gasteiger partial charge on any atom is 0.323 e. The molecule has 1 aliphatic heterocycles. The molecule has 0 saturated carbocycles. The first-order valence-corrected chi connectivity index (χ1v) is 7.27. The Morgan fingerprint density at radius 2 is 1.90 bits per heavy atom. The molecule has 21 heavy (non-hydrogen) atoms. The van der Waals surface area contributed by atoms with E-state index < -0.39 is 28.8 Å². The van der Waals surface area contributed by atoms with Crippen LogP contribution >= 0.6 is 0 Å². The van der Waals surface area contributed by atoms with Crippen LogP contribution in [-0.4, -0.2) is 42.4 Å². The van der Waals surface area contributed by atoms with E-state index in [-0.39, 0.29) is 5.41 Å². The normalized spacial score (nSPS) is 21.8. The Morgan fingerprint density at radius 1 is 1.38 bits per heavy atom. The summed E-state index contributed by atoms with van der Waals surface area (Å²) in [5.74, 6) is -2.13. The summed E-state index contributed by atoms with van der Waals surface area (Å²) in [5, 5.41) is 9.21. The molecular formula is C15H27NO5. The molecule has 0 aromatic carbocycles. The standard InChI is InChI=1S/C15H27NO5/c1-6-15(7-20-8-15)9-21-12(19)13(3,4)10(2)14(5,16)11(17)18/h10H,6-9,16H2,1-5H3,(H,17,18). The third-order valence-corrected chi connectivity index (χ3v) is 5.04. The first-order chi connectivity index (χ1) is 9.49. The Morgan fingerprint density at radius 3 is 2.24 bits per heavy atom. The quantitative estimate of drug-likeness (QED) is 0.690. The molecule has 1 heterocycles. The number of aliphatic carboxylic acids is 1. The molecule has 0 aromatic rings. The van der Waals surface area contributed by atoms with Crippen molar-refractivity contribution in [3.8, 4) is 0 Å². The molecule has 6 heteroatoms. The average Bonchev–Trinajstić information content (AvgIpc) is 2.36. The molecule has 122 valence electrons. The van der Waals surface area contributed by atoms with Gasteiger partial charge in [0.1, 0.15) is 12.1 Å². The minimum atomic E-state index is -1.50. The van der Waals surface area contributed by atoms with Crippen LogP contribution in [0, 0.1) is 16.7 Å². The van der Waals surface area contributed by atoms with Gasteiger partial charge < -0.3 is 20.3 Å². The number of carbonyl (C=O) groups is 2. The summed E-state index contributed by atoms with van der Waals surface area (Å²) in [4.78, 5) is 23.6. The molecule has 0 spiro atoms. The summed E-state index contributed by atoms with van der Waals surface area (Å²) < 4.78 is 10.6. The fourth-order valence-corrected chi connectivity index (χ4v) is 2.30. The van der Waals surface area contributed by atoms with Gasteiger partial charge in [0.15, 0.2) is 0 Å². The fourth-order valence-electron chi connectivity index (χ4n) is 2.30. The van der Waals surface area contributed by atoms with Crippen molar-refractivity contribution in [3.05, 3.63) is 0 Å². The van der Waals surface area contributed by atoms with Gasteiger partial charge in [-0.2, -0.15) is 0 Å². The Kier molecular flexibility index (Phi) is 5.05. The lowest BCUT2D eigenvalue weighted by Crippen LogP contribution is -2.57. The number of carbonyl (C=O) groups excluding carboxylic acids is 1. The number of hydrogen-bond donors (Lipinski definition) is 2. The van der Waals surface area contributed by atoms with Crippen LogP contribution in [0.4, 0.5) is 0 Å². The highest BCUT2D eigenvalue weighted by atomic mass is 16.5. The Balaban J connectivity index is 2.73. The molecule has 2 atom stereocenters. The van der Waals surface area contributed by atoms with Crippen LogP contribution in [0.15, 0.2) is 0 Å². The summed E-state index contributed by atoms with van der Waals surface area (Å²) in [6, 6.07) is 0. The second kappa shape index (κ2) is 5.93. The monoisotopic (exact) mass is 301 g/mol. The van der Waals surface area contributed by atoms with Crippen LogP contribution in [-0.2, 0) is 19.1 Å². The van der Waals surface area contributed by atoms with Crippen LogP contribution in [0.2, 0.25) is 0 Å². The van der Waals surface area contributed by atoms with Gasteiger partial charge in [0.2, 0.25) is 0 Å². The topological polar surface area (TPSA) is 98.9 Å². The van der Waals surface area contributed by atoms with Crippen LogP contribution in [0.1, 0.15) is 41.0 Å². The third-order valence-electron chi connectivity index (χ3n) is 5.04. The number of nitrogens with two attached hydrogens (primary N) is 1. The number of rotatable bonds is 7. The van der Waals surface area contributed by atoms with E-state index >= 15 is 0 Å². The van der Waals surface area contributed by atoms with E-state index in [1.807, 2.05) is 6.92 Å². The van der Waals surface area contributed by atoms with Crippen molar-refractivity contribution >= 4 is 11.9 Å². The van der Waals surface area contributed by atoms with Gasteiger partial charge >= 0.3 is 11.9 Å². The van der Waals surface area contributed by atoms with E-state index in [2.05, 4.69) is 0 Å². The van der Waals surface area contributed by atoms with Gasteiger partial charge in [-0.3, -0.25) is 9.59 Å². The lowest BCUT2D eigenvalue weighted by atomic mass is 9.69. The van der Waals surface area contributed by atoms with Crippen LogP contribution in [0.25, 0.3) is 0 Å². The summed E-state index contributed by atoms with van der Waals surface area (Å²) in [6.45, 7) is 9.94. The van der Waals surface area contributed by atoms with Crippen molar-refractivity contribution in [3.63, 3.8) is 0 Å². The predicted molar refractivity (Wildman–Crippen MR) is 77.7 cm³/mol. The second-order valence-corrected chi connectivity index (χ2v) is 6.95. The second-order valence-electron chi connectivity index (χ2n) is 6.95. The lowest BCUT2D eigenvalue weighted by Gasteiger charge is -2.42. The first kappa shape index (κ1) is 17.9. The van der Waals surface area contributed by atoms with Gasteiger partial charge in [-0.15, -0.1) is 0 Å². The number of esters is 1. The predicted octanol–water partition coefficient (Wildman–Crippen LogP) is 1.42. The minimum absolute atomic E-state index is 0.0895. The van der Waals surface area contributed by atoms with E-state index in [1.165, 1.54) is 6.92 Å². The highest BCUT2D eigenvalue weighted by Crippen LogP contribution is 2.37. The Labute approximate surface area is 126 Å². The molecule has 0 aromatic heterocycles. The summed E-state index contributed by atoms with van der Waals surface area (Å²) in [5.41, 5.74) is 3.28. The van der Waals surface area contributed by atoms with Gasteiger partial charge in [0.05, 0.1) is 24.0 Å². The van der Waals surface area contributed by atoms with E-state index in [0.717, 1.165) is 6.42 Å². The average molecular weight is 301 g/mol. The van der Waals surface area contributed by atoms with Gasteiger partial charge in [-0.05, 0) is 27.2 Å². The molecule has 2 unspecified atom stereocenters. The van der Waals surface area contributed by atoms with Crippen molar-refractivity contribution in [1.82, 2.24) is 0 Å². The smallest absolute Gasteiger partial charge is 0.323 e. The van der Waals surface area contributed by atoms with E-state index in [0.29, 0.717) is 19.8 Å². The van der Waals surface area contributed by atoms with Crippen LogP contribution in [0.5, 0.6) is 0 Å². The van der Waals surface area contributed by atoms with Gasteiger partial charge in [-0.25, -0.2) is 0 Å². The van der Waals surface area contributed by atoms with Crippen molar-refractivity contribution in [2.24, 2.45) is 22.5 Å². The molecule has 0 aliphatic carbocycles. The van der Waals surface area contributed by atoms with Gasteiger partial charge in [0.25, 0.3) is 0 Å². The zero-order valence-electron chi connectivity index (χ0n) is 13.6. The van der Waals surface area contributed by atoms with Crippen LogP contribution < -0.4 is 5.73 Å². The number of carboxylic acids is 1. The molecule has 1 saturated heterocycles. The molecule has 1 aliphatic rings. The van der Waals surface area contributed by atoms with Crippen molar-refractivity contribution in [1.29, 1.82) is 0 Å². The third kappa shape index (κ3) is 3.37. The molecule has 0 amide bonds. The molecule has 0 bridgehead atoms. The molecule has 3 N–H and O–H groups in total. The highest BCUT2D eigenvalue weighted by Gasteiger charge is 2.48. The maximum atomic E-state index is 12.4. The summed E-state index contributed by atoms with van der Waals surface area (Å²) in [6.07, 6.45) is 0.875.